The molecular formula is C25H18ClN3O3. The van der Waals surface area contributed by atoms with Gasteiger partial charge in [-0.15, -0.1) is 0 Å². The molecule has 7 heteroatoms. The Labute approximate surface area is 189 Å². The highest BCUT2D eigenvalue weighted by atomic mass is 35.5. The number of carbonyl (C=O) groups excluding carboxylic acids is 3. The molecule has 0 spiro atoms. The lowest BCUT2D eigenvalue weighted by Gasteiger charge is -2.30. The summed E-state index contributed by atoms with van der Waals surface area (Å²) in [6.07, 6.45) is 2.51. The number of hydrogen-bond donors (Lipinski definition) is 2. The van der Waals surface area contributed by atoms with Gasteiger partial charge in [0.15, 0.2) is 5.78 Å². The van der Waals surface area contributed by atoms with Crippen molar-refractivity contribution >= 4 is 40.5 Å². The molecule has 1 heterocycles. The number of ketones is 2. The molecule has 3 N–H and O–H groups in total. The fraction of sp³-hybridized carbons (Fsp3) is 0. The molecule has 0 atom stereocenters. The molecule has 6 nitrogen and oxygen atoms in total. The Morgan fingerprint density at radius 2 is 1.50 bits per heavy atom. The number of nitrogens with one attached hydrogen (secondary N) is 1. The summed E-state index contributed by atoms with van der Waals surface area (Å²) in [5.41, 5.74) is 10.9. The molecule has 0 aliphatic carbocycles. The lowest BCUT2D eigenvalue weighted by molar-refractivity contribution is -0.113. The minimum atomic E-state index is -0.505. The van der Waals surface area contributed by atoms with Crippen molar-refractivity contribution in [3.63, 3.8) is 0 Å². The third-order valence-electron chi connectivity index (χ3n) is 4.84. The first-order chi connectivity index (χ1) is 15.4. The molecule has 0 unspecified atom stereocenters. The molecule has 0 fully saturated rings. The second-order valence-corrected chi connectivity index (χ2v) is 7.50. The van der Waals surface area contributed by atoms with Gasteiger partial charge in [0.05, 0.1) is 5.70 Å². The van der Waals surface area contributed by atoms with Gasteiger partial charge >= 0.3 is 0 Å². The molecule has 0 saturated heterocycles. The quantitative estimate of drug-likeness (QED) is 0.357. The van der Waals surface area contributed by atoms with Crippen LogP contribution in [0.3, 0.4) is 0 Å². The summed E-state index contributed by atoms with van der Waals surface area (Å²) in [4.78, 5) is 39.1. The normalized spacial score (nSPS) is 14.7. The summed E-state index contributed by atoms with van der Waals surface area (Å²) in [6.45, 7) is 0. The van der Waals surface area contributed by atoms with Crippen LogP contribution >= 0.6 is 11.6 Å². The Morgan fingerprint density at radius 1 is 0.875 bits per heavy atom. The van der Waals surface area contributed by atoms with E-state index in [-0.39, 0.29) is 5.70 Å². The zero-order chi connectivity index (χ0) is 22.7. The Morgan fingerprint density at radius 3 is 2.16 bits per heavy atom. The van der Waals surface area contributed by atoms with Crippen LogP contribution in [0.1, 0.15) is 26.3 Å². The standard InChI is InChI=1S/C25H18ClN3O3/c26-19-10-6-17(7-11-19)23(30)15-22-24(31)14-21(16-4-2-1-3-5-16)28-29(22)25(32)18-8-12-20(27)13-9-18/h1-15,28H,27H2. The summed E-state index contributed by atoms with van der Waals surface area (Å²) in [7, 11) is 0. The van der Waals surface area contributed by atoms with Crippen LogP contribution in [0, 0.1) is 0 Å². The van der Waals surface area contributed by atoms with E-state index in [1.807, 2.05) is 30.3 Å². The van der Waals surface area contributed by atoms with E-state index in [1.165, 1.54) is 6.08 Å². The van der Waals surface area contributed by atoms with E-state index in [1.54, 1.807) is 48.5 Å². The minimum Gasteiger partial charge on any atom is -0.399 e. The van der Waals surface area contributed by atoms with Gasteiger partial charge in [0.1, 0.15) is 5.70 Å². The van der Waals surface area contributed by atoms with Gasteiger partial charge in [0.25, 0.3) is 5.91 Å². The van der Waals surface area contributed by atoms with Crippen LogP contribution in [0.25, 0.3) is 5.70 Å². The maximum Gasteiger partial charge on any atom is 0.277 e. The maximum absolute atomic E-state index is 13.3. The fourth-order valence-electron chi connectivity index (χ4n) is 3.17. The van der Waals surface area contributed by atoms with E-state index in [9.17, 15) is 14.4 Å². The van der Waals surface area contributed by atoms with Gasteiger partial charge in [-0.1, -0.05) is 41.9 Å². The SMILES string of the molecule is Nc1ccc(C(=O)N2NC(c3ccccc3)=CC(=O)C2=CC(=O)c2ccc(Cl)cc2)cc1. The number of rotatable bonds is 4. The predicted molar refractivity (Wildman–Crippen MR) is 123 cm³/mol. The number of nitrogens with two attached hydrogens (primary N) is 1. The Hall–Kier alpha value is -4.16. The van der Waals surface area contributed by atoms with E-state index >= 15 is 0 Å². The van der Waals surface area contributed by atoms with Crippen molar-refractivity contribution in [3.05, 3.63) is 118 Å². The van der Waals surface area contributed by atoms with Crippen LogP contribution in [-0.4, -0.2) is 22.5 Å². The smallest absolute Gasteiger partial charge is 0.277 e. The molecule has 1 aliphatic heterocycles. The van der Waals surface area contributed by atoms with Crippen LogP contribution < -0.4 is 11.2 Å². The molecule has 0 aromatic heterocycles. The van der Waals surface area contributed by atoms with Crippen molar-refractivity contribution in [1.29, 1.82) is 0 Å². The van der Waals surface area contributed by atoms with Gasteiger partial charge in [-0.3, -0.25) is 19.8 Å². The number of hydrazine groups is 1. The minimum absolute atomic E-state index is 0.0912. The predicted octanol–water partition coefficient (Wildman–Crippen LogP) is 4.26. The molecular weight excluding hydrogens is 426 g/mol. The molecule has 0 saturated carbocycles. The van der Waals surface area contributed by atoms with Crippen LogP contribution in [-0.2, 0) is 4.79 Å². The average Bonchev–Trinajstić information content (AvgIpc) is 2.81. The van der Waals surface area contributed by atoms with Crippen LogP contribution in [0.15, 0.2) is 96.7 Å². The third kappa shape index (κ3) is 4.45. The highest BCUT2D eigenvalue weighted by Gasteiger charge is 2.30. The van der Waals surface area contributed by atoms with Gasteiger partial charge < -0.3 is 5.73 Å². The summed E-state index contributed by atoms with van der Waals surface area (Å²) in [5.74, 6) is -1.41. The number of benzene rings is 3. The molecule has 32 heavy (non-hydrogen) atoms. The van der Waals surface area contributed by atoms with Crippen molar-refractivity contribution in [3.8, 4) is 0 Å². The van der Waals surface area contributed by atoms with Crippen molar-refractivity contribution in [2.45, 2.75) is 0 Å². The Bertz CT molecular complexity index is 1250. The summed E-state index contributed by atoms with van der Waals surface area (Å²) in [6, 6.07) is 21.7. The molecule has 4 rings (SSSR count). The third-order valence-corrected chi connectivity index (χ3v) is 5.10. The molecule has 1 aliphatic rings. The van der Waals surface area contributed by atoms with E-state index in [4.69, 9.17) is 17.3 Å². The molecule has 158 valence electrons. The van der Waals surface area contributed by atoms with Crippen molar-refractivity contribution < 1.29 is 14.4 Å². The first-order valence-electron chi connectivity index (χ1n) is 9.72. The fourth-order valence-corrected chi connectivity index (χ4v) is 3.29. The number of nitrogen functional groups attached to an aromatic ring is 1. The summed E-state index contributed by atoms with van der Waals surface area (Å²) >= 11 is 5.89. The average molecular weight is 444 g/mol. The number of nitrogens with zero attached hydrogens (tertiary/aromatic N) is 1. The first kappa shape index (κ1) is 21.1. The van der Waals surface area contributed by atoms with Crippen molar-refractivity contribution in [2.24, 2.45) is 0 Å². The number of halogens is 1. The summed E-state index contributed by atoms with van der Waals surface area (Å²) < 4.78 is 0. The monoisotopic (exact) mass is 443 g/mol. The first-order valence-corrected chi connectivity index (χ1v) is 10.1. The van der Waals surface area contributed by atoms with E-state index < -0.39 is 17.5 Å². The summed E-state index contributed by atoms with van der Waals surface area (Å²) in [5, 5.41) is 1.57. The van der Waals surface area contributed by atoms with Crippen molar-refractivity contribution in [1.82, 2.24) is 10.4 Å². The highest BCUT2D eigenvalue weighted by molar-refractivity contribution is 6.30. The van der Waals surface area contributed by atoms with Gasteiger partial charge in [-0.05, 0) is 54.1 Å². The number of amides is 1. The van der Waals surface area contributed by atoms with Gasteiger partial charge in [0, 0.05) is 34.0 Å². The molecule has 3 aromatic rings. The van der Waals surface area contributed by atoms with Crippen molar-refractivity contribution in [2.75, 3.05) is 5.73 Å². The largest absolute Gasteiger partial charge is 0.399 e. The number of carbonyl (C=O) groups is 3. The molecule has 3 aromatic carbocycles. The van der Waals surface area contributed by atoms with E-state index in [0.717, 1.165) is 16.6 Å². The molecule has 1 amide bonds. The van der Waals surface area contributed by atoms with Crippen LogP contribution in [0.4, 0.5) is 5.69 Å². The maximum atomic E-state index is 13.3. The Balaban J connectivity index is 1.75. The zero-order valence-electron chi connectivity index (χ0n) is 16.8. The second kappa shape index (κ2) is 8.91. The topological polar surface area (TPSA) is 92.5 Å². The number of anilines is 1. The lowest BCUT2D eigenvalue weighted by Crippen LogP contribution is -2.46. The second-order valence-electron chi connectivity index (χ2n) is 7.06. The van der Waals surface area contributed by atoms with Gasteiger partial charge in [-0.2, -0.15) is 0 Å². The van der Waals surface area contributed by atoms with E-state index in [0.29, 0.717) is 27.5 Å². The highest BCUT2D eigenvalue weighted by Crippen LogP contribution is 2.23. The lowest BCUT2D eigenvalue weighted by atomic mass is 10.0. The zero-order valence-corrected chi connectivity index (χ0v) is 17.5. The van der Waals surface area contributed by atoms with Gasteiger partial charge in [0.2, 0.25) is 5.78 Å². The molecule has 0 radical (unpaired) electrons. The van der Waals surface area contributed by atoms with Crippen LogP contribution in [0.5, 0.6) is 0 Å². The number of hydrogen-bond acceptors (Lipinski definition) is 5. The molecule has 0 bridgehead atoms. The van der Waals surface area contributed by atoms with Gasteiger partial charge in [-0.25, -0.2) is 5.01 Å². The van der Waals surface area contributed by atoms with Crippen LogP contribution in [0.2, 0.25) is 5.02 Å². The van der Waals surface area contributed by atoms with E-state index in [2.05, 4.69) is 5.43 Å². The Kier molecular flexibility index (Phi) is 5.87. The number of allylic oxidation sites excluding steroid dienone is 2.